The maximum atomic E-state index is 13.2. The molecule has 0 unspecified atom stereocenters. The summed E-state index contributed by atoms with van der Waals surface area (Å²) in [6.45, 7) is 2.41. The van der Waals surface area contributed by atoms with Crippen molar-refractivity contribution in [3.05, 3.63) is 29.8 Å². The third-order valence-electron chi connectivity index (χ3n) is 6.47. The lowest BCUT2D eigenvalue weighted by atomic mass is 9.69. The van der Waals surface area contributed by atoms with Crippen molar-refractivity contribution in [2.75, 3.05) is 0 Å². The van der Waals surface area contributed by atoms with Crippen LogP contribution in [0.3, 0.4) is 0 Å². The van der Waals surface area contributed by atoms with Crippen LogP contribution in [0.25, 0.3) is 0 Å². The molecule has 0 heterocycles. The molecule has 0 spiro atoms. The molecule has 3 rings (SSSR count). The Morgan fingerprint density at radius 2 is 1.62 bits per heavy atom. The first-order valence-corrected chi connectivity index (χ1v) is 12.6. The molecule has 2 aliphatic rings. The molecule has 2 nitrogen and oxygen atoms in total. The van der Waals surface area contributed by atoms with E-state index in [4.69, 9.17) is 4.74 Å². The summed E-state index contributed by atoms with van der Waals surface area (Å²) in [6, 6.07) is 4.75. The Balaban J connectivity index is 1.44. The zero-order chi connectivity index (χ0) is 18.5. The molecule has 0 N–H and O–H groups in total. The maximum absolute atomic E-state index is 13.2. The summed E-state index contributed by atoms with van der Waals surface area (Å²) in [6.07, 6.45) is 9.45. The quantitative estimate of drug-likeness (QED) is 0.403. The monoisotopic (exact) mass is 380 g/mol. The summed E-state index contributed by atoms with van der Waals surface area (Å²) in [5.41, 5.74) is 0. The van der Waals surface area contributed by atoms with Crippen LogP contribution >= 0.6 is 0 Å². The highest BCUT2D eigenvalue weighted by Crippen LogP contribution is 2.42. The van der Waals surface area contributed by atoms with Crippen molar-refractivity contribution >= 4 is 15.5 Å². The topological polar surface area (TPSA) is 26.3 Å². The molecule has 1 aromatic rings. The highest BCUT2D eigenvalue weighted by molar-refractivity contribution is 6.33. The Bertz CT molecular complexity index is 606. The molecule has 0 saturated heterocycles. The standard InChI is InChI=1S/C21H30F2O2Si/c1-26-13-14-2-4-15(5-3-14)16-6-8-17(9-7-16)21(24)25-18-10-11-19(22)20(23)12-18/h10-12,14-17H,2-9,13,26H2,1H3. The van der Waals surface area contributed by atoms with Crippen LogP contribution in [0, 0.1) is 35.3 Å². The van der Waals surface area contributed by atoms with Crippen LogP contribution in [-0.2, 0) is 4.79 Å². The minimum Gasteiger partial charge on any atom is -0.426 e. The SMILES string of the molecule is C[SiH2]CC1CCC(C2CCC(C(=O)Oc3ccc(F)c(F)c3)CC2)CC1. The molecule has 1 aromatic carbocycles. The minimum absolute atomic E-state index is 0.0915. The Kier molecular flexibility index (Phi) is 6.84. The third kappa shape index (κ3) is 4.93. The molecule has 0 amide bonds. The summed E-state index contributed by atoms with van der Waals surface area (Å²) < 4.78 is 31.5. The normalized spacial score (nSPS) is 29.8. The minimum atomic E-state index is -0.986. The van der Waals surface area contributed by atoms with Gasteiger partial charge in [0.25, 0.3) is 0 Å². The fourth-order valence-electron chi connectivity index (χ4n) is 4.92. The highest BCUT2D eigenvalue weighted by Gasteiger charge is 2.33. The van der Waals surface area contributed by atoms with E-state index < -0.39 is 11.6 Å². The van der Waals surface area contributed by atoms with Crippen molar-refractivity contribution in [2.45, 2.75) is 64.0 Å². The largest absolute Gasteiger partial charge is 0.426 e. The van der Waals surface area contributed by atoms with Gasteiger partial charge in [-0.1, -0.05) is 25.4 Å². The molecular weight excluding hydrogens is 350 g/mol. The fourth-order valence-corrected chi connectivity index (χ4v) is 6.32. The lowest BCUT2D eigenvalue weighted by Crippen LogP contribution is -2.30. The molecule has 144 valence electrons. The Morgan fingerprint density at radius 3 is 2.19 bits per heavy atom. The van der Waals surface area contributed by atoms with E-state index in [0.29, 0.717) is 0 Å². The van der Waals surface area contributed by atoms with E-state index in [1.165, 1.54) is 37.8 Å². The predicted octanol–water partition coefficient (Wildman–Crippen LogP) is 5.12. The van der Waals surface area contributed by atoms with Crippen molar-refractivity contribution in [1.29, 1.82) is 0 Å². The van der Waals surface area contributed by atoms with Crippen molar-refractivity contribution in [1.82, 2.24) is 0 Å². The fraction of sp³-hybridized carbons (Fsp3) is 0.667. The number of benzene rings is 1. The van der Waals surface area contributed by atoms with Crippen LogP contribution in [0.2, 0.25) is 12.6 Å². The first kappa shape index (κ1) is 19.5. The van der Waals surface area contributed by atoms with E-state index in [1.54, 1.807) is 0 Å². The number of carbonyl (C=O) groups excluding carboxylic acids is 1. The Morgan fingerprint density at radius 1 is 1.00 bits per heavy atom. The number of esters is 1. The molecule has 0 atom stereocenters. The zero-order valence-corrected chi connectivity index (χ0v) is 17.1. The molecule has 5 heteroatoms. The second kappa shape index (κ2) is 9.11. The van der Waals surface area contributed by atoms with Gasteiger partial charge in [0.2, 0.25) is 0 Å². The summed E-state index contributed by atoms with van der Waals surface area (Å²) in [4.78, 5) is 12.3. The van der Waals surface area contributed by atoms with Crippen LogP contribution in [-0.4, -0.2) is 15.5 Å². The second-order valence-corrected chi connectivity index (χ2v) is 9.76. The van der Waals surface area contributed by atoms with Crippen LogP contribution in [0.1, 0.15) is 51.4 Å². The number of ether oxygens (including phenoxy) is 1. The lowest BCUT2D eigenvalue weighted by Gasteiger charge is -2.37. The number of hydrogen-bond acceptors (Lipinski definition) is 2. The Labute approximate surface area is 157 Å². The smallest absolute Gasteiger partial charge is 0.314 e. The molecule has 0 aromatic heterocycles. The summed E-state index contributed by atoms with van der Waals surface area (Å²) in [5.74, 6) is 0.351. The highest BCUT2D eigenvalue weighted by atomic mass is 28.2. The van der Waals surface area contributed by atoms with Gasteiger partial charge in [0, 0.05) is 15.6 Å². The van der Waals surface area contributed by atoms with Crippen LogP contribution in [0.15, 0.2) is 18.2 Å². The summed E-state index contributed by atoms with van der Waals surface area (Å²) in [5, 5.41) is 0. The predicted molar refractivity (Wildman–Crippen MR) is 102 cm³/mol. The van der Waals surface area contributed by atoms with Gasteiger partial charge in [-0.15, -0.1) is 0 Å². The summed E-state index contributed by atoms with van der Waals surface area (Å²) >= 11 is 0. The first-order chi connectivity index (χ1) is 12.6. The molecule has 2 fully saturated rings. The number of carbonyl (C=O) groups is 1. The molecule has 0 bridgehead atoms. The maximum Gasteiger partial charge on any atom is 0.314 e. The molecular formula is C21H30F2O2Si. The number of halogens is 2. The van der Waals surface area contributed by atoms with Crippen LogP contribution < -0.4 is 4.74 Å². The molecule has 2 saturated carbocycles. The van der Waals surface area contributed by atoms with Crippen molar-refractivity contribution in [3.8, 4) is 5.75 Å². The average molecular weight is 381 g/mol. The van der Waals surface area contributed by atoms with E-state index in [0.717, 1.165) is 55.6 Å². The first-order valence-electron chi connectivity index (χ1n) is 10.2. The Hall–Kier alpha value is -1.23. The number of hydrogen-bond donors (Lipinski definition) is 0. The van der Waals surface area contributed by atoms with Gasteiger partial charge in [-0.2, -0.15) is 0 Å². The van der Waals surface area contributed by atoms with Crippen LogP contribution in [0.4, 0.5) is 8.78 Å². The van der Waals surface area contributed by atoms with E-state index in [-0.39, 0.29) is 27.2 Å². The van der Waals surface area contributed by atoms with Crippen LogP contribution in [0.5, 0.6) is 5.75 Å². The molecule has 0 radical (unpaired) electrons. The van der Waals surface area contributed by atoms with Gasteiger partial charge in [-0.05, 0) is 68.4 Å². The van der Waals surface area contributed by atoms with Gasteiger partial charge in [-0.3, -0.25) is 4.79 Å². The van der Waals surface area contributed by atoms with Gasteiger partial charge in [0.05, 0.1) is 5.92 Å². The average Bonchev–Trinajstić information content (AvgIpc) is 2.66. The zero-order valence-electron chi connectivity index (χ0n) is 15.7. The van der Waals surface area contributed by atoms with Gasteiger partial charge in [0.15, 0.2) is 11.6 Å². The third-order valence-corrected chi connectivity index (χ3v) is 7.86. The van der Waals surface area contributed by atoms with Gasteiger partial charge in [-0.25, -0.2) is 8.78 Å². The molecule has 26 heavy (non-hydrogen) atoms. The van der Waals surface area contributed by atoms with Gasteiger partial charge < -0.3 is 4.74 Å². The van der Waals surface area contributed by atoms with Gasteiger partial charge >= 0.3 is 5.97 Å². The van der Waals surface area contributed by atoms with Crippen molar-refractivity contribution < 1.29 is 18.3 Å². The van der Waals surface area contributed by atoms with Gasteiger partial charge in [0.1, 0.15) is 5.75 Å². The number of rotatable bonds is 5. The van der Waals surface area contributed by atoms with E-state index in [1.807, 2.05) is 0 Å². The van der Waals surface area contributed by atoms with E-state index in [9.17, 15) is 13.6 Å². The van der Waals surface area contributed by atoms with E-state index in [2.05, 4.69) is 6.55 Å². The van der Waals surface area contributed by atoms with E-state index >= 15 is 0 Å². The summed E-state index contributed by atoms with van der Waals surface area (Å²) in [7, 11) is 0.187. The lowest BCUT2D eigenvalue weighted by molar-refractivity contribution is -0.140. The molecule has 2 aliphatic carbocycles. The van der Waals surface area contributed by atoms with Crippen molar-refractivity contribution in [2.24, 2.45) is 23.7 Å². The second-order valence-electron chi connectivity index (χ2n) is 8.18. The molecule has 0 aliphatic heterocycles. The van der Waals surface area contributed by atoms with Crippen molar-refractivity contribution in [3.63, 3.8) is 0 Å².